The van der Waals surface area contributed by atoms with Crippen molar-refractivity contribution in [1.29, 1.82) is 0 Å². The second-order valence-corrected chi connectivity index (χ2v) is 8.27. The molecule has 3 aromatic rings. The Labute approximate surface area is 184 Å². The minimum absolute atomic E-state index is 0.125. The smallest absolute Gasteiger partial charge is 0.254 e. The number of aromatic nitrogens is 2. The van der Waals surface area contributed by atoms with E-state index in [-0.39, 0.29) is 5.91 Å². The first kappa shape index (κ1) is 21.0. The number of anilines is 1. The molecule has 2 heterocycles. The highest BCUT2D eigenvalue weighted by Crippen LogP contribution is 2.25. The van der Waals surface area contributed by atoms with Crippen molar-refractivity contribution in [1.82, 2.24) is 14.9 Å². The van der Waals surface area contributed by atoms with Crippen molar-refractivity contribution in [3.8, 4) is 0 Å². The Hall–Kier alpha value is -3.21. The number of nitrogens with zero attached hydrogens (tertiary/aromatic N) is 4. The third kappa shape index (κ3) is 4.76. The molecule has 2 aromatic carbocycles. The largest absolute Gasteiger partial charge is 0.354 e. The van der Waals surface area contributed by atoms with Crippen molar-refractivity contribution in [2.75, 3.05) is 31.1 Å². The maximum Gasteiger partial charge on any atom is 0.254 e. The number of carbonyl (C=O) groups excluding carboxylic acids is 1. The van der Waals surface area contributed by atoms with E-state index >= 15 is 0 Å². The van der Waals surface area contributed by atoms with Crippen LogP contribution in [0.3, 0.4) is 0 Å². The predicted molar refractivity (Wildman–Crippen MR) is 125 cm³/mol. The molecule has 0 atom stereocenters. The third-order valence-corrected chi connectivity index (χ3v) is 5.99. The highest BCUT2D eigenvalue weighted by Gasteiger charge is 2.24. The van der Waals surface area contributed by atoms with Gasteiger partial charge in [-0.1, -0.05) is 48.5 Å². The molecule has 0 N–H and O–H groups in total. The normalized spacial score (nSPS) is 14.4. The topological polar surface area (TPSA) is 49.3 Å². The zero-order valence-electron chi connectivity index (χ0n) is 18.6. The van der Waals surface area contributed by atoms with Gasteiger partial charge in [-0.05, 0) is 44.4 Å². The predicted octanol–water partition coefficient (Wildman–Crippen LogP) is 4.35. The molecule has 5 nitrogen and oxygen atoms in total. The van der Waals surface area contributed by atoms with Crippen LogP contribution in [-0.4, -0.2) is 47.0 Å². The maximum atomic E-state index is 13.1. The Morgan fingerprint density at radius 2 is 1.61 bits per heavy atom. The van der Waals surface area contributed by atoms with Crippen molar-refractivity contribution < 1.29 is 4.79 Å². The van der Waals surface area contributed by atoms with E-state index < -0.39 is 0 Å². The molecule has 1 fully saturated rings. The minimum atomic E-state index is 0.125. The van der Waals surface area contributed by atoms with Crippen molar-refractivity contribution >= 4 is 11.7 Å². The lowest BCUT2D eigenvalue weighted by atomic mass is 10.0. The highest BCUT2D eigenvalue weighted by molar-refractivity contribution is 5.95. The summed E-state index contributed by atoms with van der Waals surface area (Å²) in [6.45, 7) is 9.14. The van der Waals surface area contributed by atoms with Crippen molar-refractivity contribution in [3.63, 3.8) is 0 Å². The molecule has 0 spiro atoms. The second kappa shape index (κ2) is 9.29. The monoisotopic (exact) mass is 414 g/mol. The number of rotatable bonds is 4. The number of hydrogen-bond donors (Lipinski definition) is 0. The lowest BCUT2D eigenvalue weighted by molar-refractivity contribution is 0.0766. The van der Waals surface area contributed by atoms with Crippen LogP contribution in [0.5, 0.6) is 0 Å². The van der Waals surface area contributed by atoms with Crippen LogP contribution in [0.4, 0.5) is 5.82 Å². The first-order valence-corrected chi connectivity index (χ1v) is 11.0. The molecule has 5 heteroatoms. The number of benzene rings is 2. The van der Waals surface area contributed by atoms with E-state index in [4.69, 9.17) is 4.98 Å². The second-order valence-electron chi connectivity index (χ2n) is 8.27. The fraction of sp³-hybridized carbons (Fsp3) is 0.346. The summed E-state index contributed by atoms with van der Waals surface area (Å²) in [6, 6.07) is 18.3. The number of amides is 1. The summed E-state index contributed by atoms with van der Waals surface area (Å²) in [5.74, 6) is 1.93. The Kier molecular flexibility index (Phi) is 6.31. The first-order chi connectivity index (χ1) is 15.0. The van der Waals surface area contributed by atoms with Gasteiger partial charge >= 0.3 is 0 Å². The highest BCUT2D eigenvalue weighted by atomic mass is 16.2. The Bertz CT molecular complexity index is 1060. The molecule has 4 rings (SSSR count). The average molecular weight is 415 g/mol. The molecule has 160 valence electrons. The van der Waals surface area contributed by atoms with E-state index in [0.29, 0.717) is 6.54 Å². The van der Waals surface area contributed by atoms with E-state index in [2.05, 4.69) is 41.1 Å². The van der Waals surface area contributed by atoms with Crippen LogP contribution in [0.2, 0.25) is 0 Å². The molecule has 31 heavy (non-hydrogen) atoms. The van der Waals surface area contributed by atoms with Gasteiger partial charge < -0.3 is 9.80 Å². The van der Waals surface area contributed by atoms with Gasteiger partial charge in [0.15, 0.2) is 0 Å². The van der Waals surface area contributed by atoms with E-state index in [9.17, 15) is 4.79 Å². The van der Waals surface area contributed by atoms with Gasteiger partial charge in [0, 0.05) is 49.4 Å². The molecule has 0 saturated carbocycles. The van der Waals surface area contributed by atoms with Gasteiger partial charge in [0.05, 0.1) is 0 Å². The molecule has 0 unspecified atom stereocenters. The molecule has 0 radical (unpaired) electrons. The van der Waals surface area contributed by atoms with E-state index in [1.807, 2.05) is 49.1 Å². The molecule has 1 aliphatic rings. The fourth-order valence-corrected chi connectivity index (χ4v) is 4.30. The van der Waals surface area contributed by atoms with Crippen LogP contribution in [-0.2, 0) is 6.42 Å². The van der Waals surface area contributed by atoms with E-state index in [1.165, 1.54) is 11.1 Å². The van der Waals surface area contributed by atoms with E-state index in [1.54, 1.807) is 0 Å². The number of aryl methyl sites for hydroxylation is 3. The lowest BCUT2D eigenvalue weighted by Gasteiger charge is -2.26. The summed E-state index contributed by atoms with van der Waals surface area (Å²) in [4.78, 5) is 26.9. The van der Waals surface area contributed by atoms with Crippen LogP contribution in [0.1, 0.15) is 45.0 Å². The standard InChI is InChI=1S/C26H30N4O/c1-19-10-7-8-13-23(19)26(31)30-15-9-14-29(16-17-30)25-24(20(2)27-21(3)28-25)18-22-11-5-4-6-12-22/h4-8,10-13H,9,14-18H2,1-3H3. The van der Waals surface area contributed by atoms with Crippen LogP contribution in [0.15, 0.2) is 54.6 Å². The van der Waals surface area contributed by atoms with Gasteiger partial charge in [0.25, 0.3) is 5.91 Å². The fourth-order valence-electron chi connectivity index (χ4n) is 4.30. The summed E-state index contributed by atoms with van der Waals surface area (Å²) in [6.07, 6.45) is 1.73. The van der Waals surface area contributed by atoms with Gasteiger partial charge in [-0.15, -0.1) is 0 Å². The van der Waals surface area contributed by atoms with Crippen LogP contribution < -0.4 is 4.90 Å². The SMILES string of the molecule is Cc1nc(C)c(Cc2ccccc2)c(N2CCCN(C(=O)c3ccccc3C)CC2)n1. The van der Waals surface area contributed by atoms with Crippen LogP contribution in [0, 0.1) is 20.8 Å². The molecule has 1 aliphatic heterocycles. The van der Waals surface area contributed by atoms with Crippen LogP contribution >= 0.6 is 0 Å². The molecule has 1 aromatic heterocycles. The zero-order valence-corrected chi connectivity index (χ0v) is 18.6. The Morgan fingerprint density at radius 1 is 0.871 bits per heavy atom. The van der Waals surface area contributed by atoms with Gasteiger partial charge in [-0.3, -0.25) is 4.79 Å². The van der Waals surface area contributed by atoms with Crippen molar-refractivity contribution in [2.45, 2.75) is 33.6 Å². The van der Waals surface area contributed by atoms with E-state index in [0.717, 1.165) is 60.9 Å². The van der Waals surface area contributed by atoms with Crippen LogP contribution in [0.25, 0.3) is 0 Å². The average Bonchev–Trinajstić information content (AvgIpc) is 3.02. The molecule has 0 bridgehead atoms. The summed E-state index contributed by atoms with van der Waals surface area (Å²) >= 11 is 0. The number of carbonyl (C=O) groups is 1. The summed E-state index contributed by atoms with van der Waals surface area (Å²) < 4.78 is 0. The molecule has 0 aliphatic carbocycles. The Morgan fingerprint density at radius 3 is 2.39 bits per heavy atom. The molecule has 1 amide bonds. The number of hydrogen-bond acceptors (Lipinski definition) is 4. The lowest BCUT2D eigenvalue weighted by Crippen LogP contribution is -2.36. The van der Waals surface area contributed by atoms with Gasteiger partial charge in [-0.2, -0.15) is 0 Å². The zero-order chi connectivity index (χ0) is 21.8. The van der Waals surface area contributed by atoms with Gasteiger partial charge in [0.1, 0.15) is 11.6 Å². The summed E-state index contributed by atoms with van der Waals surface area (Å²) in [5, 5.41) is 0. The maximum absolute atomic E-state index is 13.1. The quantitative estimate of drug-likeness (QED) is 0.637. The van der Waals surface area contributed by atoms with Gasteiger partial charge in [0.2, 0.25) is 0 Å². The first-order valence-electron chi connectivity index (χ1n) is 11.0. The molecule has 1 saturated heterocycles. The molecular weight excluding hydrogens is 384 g/mol. The summed E-state index contributed by atoms with van der Waals surface area (Å²) in [5.41, 5.74) is 5.29. The minimum Gasteiger partial charge on any atom is -0.354 e. The Balaban J connectivity index is 1.57. The molecular formula is C26H30N4O. The van der Waals surface area contributed by atoms with Crippen molar-refractivity contribution in [3.05, 3.63) is 88.4 Å². The van der Waals surface area contributed by atoms with Gasteiger partial charge in [-0.25, -0.2) is 9.97 Å². The van der Waals surface area contributed by atoms with Crippen molar-refractivity contribution in [2.24, 2.45) is 0 Å². The summed E-state index contributed by atoms with van der Waals surface area (Å²) in [7, 11) is 0. The third-order valence-electron chi connectivity index (χ3n) is 5.99.